The molecule has 0 unspecified atom stereocenters. The molecule has 7 nitrogen and oxygen atoms in total. The molecule has 0 radical (unpaired) electrons. The zero-order chi connectivity index (χ0) is 16.8. The number of nitrogens with one attached hydrogen (secondary N) is 1. The summed E-state index contributed by atoms with van der Waals surface area (Å²) >= 11 is 0. The molecule has 1 fully saturated rings. The van der Waals surface area contributed by atoms with Crippen LogP contribution < -0.4 is 5.32 Å². The van der Waals surface area contributed by atoms with Crippen LogP contribution in [-0.4, -0.2) is 67.2 Å². The van der Waals surface area contributed by atoms with E-state index < -0.39 is 0 Å². The average molecular weight is 336 g/mol. The third kappa shape index (κ3) is 4.78. The summed E-state index contributed by atoms with van der Waals surface area (Å²) in [5.41, 5.74) is 1.26. The Morgan fingerprint density at radius 1 is 1.38 bits per heavy atom. The highest BCUT2D eigenvalue weighted by atomic mass is 16.5. The molecule has 0 aliphatic carbocycles. The van der Waals surface area contributed by atoms with Gasteiger partial charge in [-0.3, -0.25) is 14.4 Å². The summed E-state index contributed by atoms with van der Waals surface area (Å²) in [6.45, 7) is 6.39. The highest BCUT2D eigenvalue weighted by Crippen LogP contribution is 2.21. The minimum Gasteiger partial charge on any atom is -0.381 e. The highest BCUT2D eigenvalue weighted by Gasteiger charge is 2.25. The molecule has 134 valence electrons. The van der Waals surface area contributed by atoms with Gasteiger partial charge in [0, 0.05) is 65.2 Å². The second kappa shape index (κ2) is 8.60. The van der Waals surface area contributed by atoms with Gasteiger partial charge in [-0.15, -0.1) is 0 Å². The monoisotopic (exact) mass is 336 g/mol. The van der Waals surface area contributed by atoms with Crippen molar-refractivity contribution in [3.63, 3.8) is 0 Å². The van der Waals surface area contributed by atoms with Crippen LogP contribution in [0.1, 0.15) is 18.5 Å². The number of rotatable bonds is 6. The van der Waals surface area contributed by atoms with E-state index in [1.165, 1.54) is 12.8 Å². The lowest BCUT2D eigenvalue weighted by Crippen LogP contribution is -2.39. The molecule has 0 saturated carbocycles. The lowest BCUT2D eigenvalue weighted by Gasteiger charge is -2.30. The van der Waals surface area contributed by atoms with Gasteiger partial charge in [-0.2, -0.15) is 5.10 Å². The van der Waals surface area contributed by atoms with E-state index >= 15 is 0 Å². The second-order valence-electron chi connectivity index (χ2n) is 6.86. The number of methoxy groups -OCH3 is 1. The van der Waals surface area contributed by atoms with Crippen LogP contribution in [0.15, 0.2) is 12.3 Å². The van der Waals surface area contributed by atoms with E-state index in [1.807, 2.05) is 6.20 Å². The molecule has 1 atom stereocenters. The van der Waals surface area contributed by atoms with E-state index in [9.17, 15) is 4.79 Å². The maximum Gasteiger partial charge on any atom is 0.245 e. The van der Waals surface area contributed by atoms with Crippen LogP contribution in [0.5, 0.6) is 0 Å². The van der Waals surface area contributed by atoms with Crippen molar-refractivity contribution in [2.75, 3.05) is 46.6 Å². The number of fused-ring (bicyclic) bond motifs is 1. The van der Waals surface area contributed by atoms with Crippen molar-refractivity contribution in [2.45, 2.75) is 25.9 Å². The first kappa shape index (κ1) is 17.4. The van der Waals surface area contributed by atoms with Gasteiger partial charge in [0.05, 0.1) is 5.69 Å². The largest absolute Gasteiger partial charge is 0.381 e. The Balaban J connectivity index is 1.60. The Labute approximate surface area is 143 Å². The summed E-state index contributed by atoms with van der Waals surface area (Å²) in [7, 11) is 1.54. The lowest BCUT2D eigenvalue weighted by molar-refractivity contribution is -0.124. The second-order valence-corrected chi connectivity index (χ2v) is 6.86. The minimum atomic E-state index is -0.0570. The summed E-state index contributed by atoms with van der Waals surface area (Å²) in [4.78, 5) is 14.2. The van der Waals surface area contributed by atoms with E-state index in [1.54, 1.807) is 0 Å². The number of hydrogen-bond acceptors (Lipinski definition) is 5. The van der Waals surface area contributed by atoms with Gasteiger partial charge < -0.3 is 14.8 Å². The Kier molecular flexibility index (Phi) is 6.23. The Morgan fingerprint density at radius 2 is 2.21 bits per heavy atom. The normalized spacial score (nSPS) is 22.8. The maximum absolute atomic E-state index is 11.7. The van der Waals surface area contributed by atoms with Crippen LogP contribution in [0.25, 0.3) is 0 Å². The van der Waals surface area contributed by atoms with Crippen LogP contribution in [0.3, 0.4) is 0 Å². The predicted molar refractivity (Wildman–Crippen MR) is 89.4 cm³/mol. The third-order valence-corrected chi connectivity index (χ3v) is 4.86. The smallest absolute Gasteiger partial charge is 0.245 e. The number of hydrogen-bond donors (Lipinski definition) is 1. The zero-order valence-electron chi connectivity index (χ0n) is 14.4. The first-order valence-electron chi connectivity index (χ1n) is 8.81. The number of nitrogens with zero attached hydrogens (tertiary/aromatic N) is 3. The first-order valence-corrected chi connectivity index (χ1v) is 8.81. The number of ether oxygens (including phenoxy) is 2. The highest BCUT2D eigenvalue weighted by molar-refractivity contribution is 5.77. The Bertz CT molecular complexity index is 528. The van der Waals surface area contributed by atoms with Gasteiger partial charge in [0.25, 0.3) is 0 Å². The predicted octanol–water partition coefficient (Wildman–Crippen LogP) is 0.504. The van der Waals surface area contributed by atoms with Crippen molar-refractivity contribution in [3.8, 4) is 0 Å². The molecule has 7 heteroatoms. The molecule has 3 heterocycles. The lowest BCUT2D eigenvalue weighted by atomic mass is 9.99. The Hall–Kier alpha value is -1.44. The molecule has 2 aliphatic rings. The quantitative estimate of drug-likeness (QED) is 0.819. The fourth-order valence-electron chi connectivity index (χ4n) is 3.62. The van der Waals surface area contributed by atoms with Crippen molar-refractivity contribution in [1.29, 1.82) is 0 Å². The molecule has 1 aromatic heterocycles. The molecule has 0 spiro atoms. The maximum atomic E-state index is 11.7. The van der Waals surface area contributed by atoms with Crippen molar-refractivity contribution < 1.29 is 14.3 Å². The van der Waals surface area contributed by atoms with E-state index in [0.29, 0.717) is 18.4 Å². The summed E-state index contributed by atoms with van der Waals surface area (Å²) in [6, 6.07) is 2.10. The van der Waals surface area contributed by atoms with E-state index in [0.717, 1.165) is 52.2 Å². The number of amides is 1. The van der Waals surface area contributed by atoms with Crippen LogP contribution >= 0.6 is 0 Å². The SMILES string of the molecule is COCC(=O)NC[C@@H]1CN(CC2CCOCC2)Cc2ccnn2C1. The molecule has 1 saturated heterocycles. The molecular weight excluding hydrogens is 308 g/mol. The summed E-state index contributed by atoms with van der Waals surface area (Å²) in [6.07, 6.45) is 4.16. The third-order valence-electron chi connectivity index (χ3n) is 4.86. The van der Waals surface area contributed by atoms with E-state index in [4.69, 9.17) is 9.47 Å². The summed E-state index contributed by atoms with van der Waals surface area (Å²) in [5.74, 6) is 1.00. The fraction of sp³-hybridized carbons (Fsp3) is 0.765. The van der Waals surface area contributed by atoms with Crippen LogP contribution in [-0.2, 0) is 27.4 Å². The van der Waals surface area contributed by atoms with Crippen molar-refractivity contribution >= 4 is 5.91 Å². The van der Waals surface area contributed by atoms with Gasteiger partial charge in [-0.1, -0.05) is 0 Å². The molecule has 1 N–H and O–H groups in total. The fourth-order valence-corrected chi connectivity index (χ4v) is 3.62. The zero-order valence-corrected chi connectivity index (χ0v) is 14.4. The molecule has 2 aliphatic heterocycles. The van der Waals surface area contributed by atoms with Gasteiger partial charge in [0.15, 0.2) is 0 Å². The molecule has 24 heavy (non-hydrogen) atoms. The standard InChI is InChI=1S/C17H28N4O3/c1-23-13-17(22)18-8-15-10-20(9-14-3-6-24-7-4-14)12-16-2-5-19-21(16)11-15/h2,5,14-15H,3-4,6-13H2,1H3,(H,18,22)/t15-/m1/s1. The Morgan fingerprint density at radius 3 is 3.00 bits per heavy atom. The van der Waals surface area contributed by atoms with Crippen LogP contribution in [0.4, 0.5) is 0 Å². The molecule has 0 aromatic carbocycles. The average Bonchev–Trinajstić information content (AvgIpc) is 2.93. The number of aromatic nitrogens is 2. The van der Waals surface area contributed by atoms with Gasteiger partial charge in [-0.25, -0.2) is 0 Å². The number of carbonyl (C=O) groups is 1. The van der Waals surface area contributed by atoms with Crippen LogP contribution in [0.2, 0.25) is 0 Å². The topological polar surface area (TPSA) is 68.6 Å². The van der Waals surface area contributed by atoms with Gasteiger partial charge >= 0.3 is 0 Å². The van der Waals surface area contributed by atoms with E-state index in [2.05, 4.69) is 26.1 Å². The molecule has 1 aromatic rings. The molecular formula is C17H28N4O3. The van der Waals surface area contributed by atoms with Gasteiger partial charge in [-0.05, 0) is 24.8 Å². The molecule has 0 bridgehead atoms. The van der Waals surface area contributed by atoms with Crippen molar-refractivity contribution in [3.05, 3.63) is 18.0 Å². The molecule has 3 rings (SSSR count). The minimum absolute atomic E-state index is 0.0570. The summed E-state index contributed by atoms with van der Waals surface area (Å²) in [5, 5.41) is 7.42. The number of carbonyl (C=O) groups excluding carboxylic acids is 1. The van der Waals surface area contributed by atoms with Crippen molar-refractivity contribution in [2.24, 2.45) is 11.8 Å². The van der Waals surface area contributed by atoms with Gasteiger partial charge in [0.2, 0.25) is 5.91 Å². The van der Waals surface area contributed by atoms with Crippen LogP contribution in [0, 0.1) is 11.8 Å². The molecule has 1 amide bonds. The van der Waals surface area contributed by atoms with Gasteiger partial charge in [0.1, 0.15) is 6.61 Å². The van der Waals surface area contributed by atoms with Crippen molar-refractivity contribution in [1.82, 2.24) is 20.0 Å². The first-order chi connectivity index (χ1) is 11.7. The summed E-state index contributed by atoms with van der Waals surface area (Å²) < 4.78 is 12.4. The van der Waals surface area contributed by atoms with E-state index in [-0.39, 0.29) is 12.5 Å².